The van der Waals surface area contributed by atoms with E-state index < -0.39 is 30.0 Å². The van der Waals surface area contributed by atoms with Gasteiger partial charge in [0.2, 0.25) is 5.91 Å². The lowest BCUT2D eigenvalue weighted by Crippen LogP contribution is -2.52. The van der Waals surface area contributed by atoms with Crippen molar-refractivity contribution in [1.29, 1.82) is 0 Å². The normalized spacial score (nSPS) is 18.2. The molecule has 2 rings (SSSR count). The molecule has 0 radical (unpaired) electrons. The average molecular weight is 277 g/mol. The number of carbonyl (C=O) groups is 3. The molecule has 2 atom stereocenters. The average Bonchev–Trinajstić information content (AvgIpc) is 2.76. The maximum Gasteiger partial charge on any atom is 0.327 e. The van der Waals surface area contributed by atoms with Crippen LogP contribution < -0.4 is 16.0 Å². The van der Waals surface area contributed by atoms with Crippen LogP contribution in [0.2, 0.25) is 0 Å². The number of rotatable bonds is 3. The Balaban J connectivity index is 2.33. The number of primary amides is 1. The lowest BCUT2D eigenvalue weighted by molar-refractivity contribution is -0.140. The highest BCUT2D eigenvalue weighted by atomic mass is 16.4. The van der Waals surface area contributed by atoms with Crippen molar-refractivity contribution in [2.24, 2.45) is 5.73 Å². The minimum absolute atomic E-state index is 0.251. The molecule has 1 aromatic rings. The van der Waals surface area contributed by atoms with Gasteiger partial charge in [-0.1, -0.05) is 18.2 Å². The number of hydrogen-bond acceptors (Lipinski definition) is 3. The van der Waals surface area contributed by atoms with E-state index in [9.17, 15) is 19.5 Å². The number of para-hydroxylation sites is 1. The summed E-state index contributed by atoms with van der Waals surface area (Å²) in [6, 6.07) is 4.31. The molecule has 1 unspecified atom stereocenters. The lowest BCUT2D eigenvalue weighted by Gasteiger charge is -2.25. The zero-order valence-electron chi connectivity index (χ0n) is 10.9. The highest BCUT2D eigenvalue weighted by molar-refractivity contribution is 6.05. The van der Waals surface area contributed by atoms with Gasteiger partial charge in [-0.2, -0.15) is 0 Å². The third-order valence-electron chi connectivity index (χ3n) is 3.23. The second-order valence-corrected chi connectivity index (χ2v) is 4.63. The summed E-state index contributed by atoms with van der Waals surface area (Å²) in [5, 5.41) is 11.5. The van der Waals surface area contributed by atoms with Crippen LogP contribution in [-0.4, -0.2) is 35.1 Å². The van der Waals surface area contributed by atoms with Gasteiger partial charge >= 0.3 is 12.0 Å². The Hall–Kier alpha value is -2.57. The van der Waals surface area contributed by atoms with Gasteiger partial charge < -0.3 is 16.2 Å². The number of nitrogens with two attached hydrogens (primary N) is 1. The number of aliphatic carboxylic acids is 1. The molecule has 20 heavy (non-hydrogen) atoms. The molecular formula is C13H15N3O4. The predicted octanol–water partition coefficient (Wildman–Crippen LogP) is 0.0857. The van der Waals surface area contributed by atoms with Crippen LogP contribution in [0.1, 0.15) is 12.5 Å². The Morgan fingerprint density at radius 3 is 2.65 bits per heavy atom. The van der Waals surface area contributed by atoms with Gasteiger partial charge in [-0.05, 0) is 18.6 Å². The quantitative estimate of drug-likeness (QED) is 0.726. The van der Waals surface area contributed by atoms with Gasteiger partial charge in [-0.15, -0.1) is 0 Å². The summed E-state index contributed by atoms with van der Waals surface area (Å²) in [5.74, 6) is -1.58. The number of carboxylic acids is 1. The number of nitrogens with zero attached hydrogens (tertiary/aromatic N) is 1. The summed E-state index contributed by atoms with van der Waals surface area (Å²) in [5.41, 5.74) is 6.33. The van der Waals surface area contributed by atoms with Crippen LogP contribution in [0.15, 0.2) is 24.3 Å². The summed E-state index contributed by atoms with van der Waals surface area (Å²) >= 11 is 0. The van der Waals surface area contributed by atoms with Crippen molar-refractivity contribution in [3.63, 3.8) is 0 Å². The molecule has 0 aromatic heterocycles. The molecule has 1 aliphatic heterocycles. The first-order valence-electron chi connectivity index (χ1n) is 6.11. The summed E-state index contributed by atoms with van der Waals surface area (Å²) in [6.45, 7) is 1.47. The van der Waals surface area contributed by atoms with Gasteiger partial charge in [0, 0.05) is 12.1 Å². The van der Waals surface area contributed by atoms with E-state index in [0.717, 1.165) is 5.56 Å². The zero-order chi connectivity index (χ0) is 14.9. The van der Waals surface area contributed by atoms with E-state index in [-0.39, 0.29) is 6.42 Å². The molecular weight excluding hydrogens is 262 g/mol. The molecule has 0 saturated carbocycles. The Kier molecular flexibility index (Phi) is 3.60. The SMILES string of the molecule is CC(NC(N)=O)C(=O)N1c2ccccc2C[C@H]1C(=O)O. The van der Waals surface area contributed by atoms with E-state index >= 15 is 0 Å². The number of nitrogens with one attached hydrogen (secondary N) is 1. The van der Waals surface area contributed by atoms with Crippen molar-refractivity contribution in [2.45, 2.75) is 25.4 Å². The second-order valence-electron chi connectivity index (χ2n) is 4.63. The molecule has 7 heteroatoms. The van der Waals surface area contributed by atoms with E-state index in [2.05, 4.69) is 5.32 Å². The first-order chi connectivity index (χ1) is 9.41. The maximum absolute atomic E-state index is 12.4. The van der Waals surface area contributed by atoms with Crippen LogP contribution >= 0.6 is 0 Å². The van der Waals surface area contributed by atoms with Gasteiger partial charge in [-0.3, -0.25) is 9.69 Å². The molecule has 7 nitrogen and oxygen atoms in total. The van der Waals surface area contributed by atoms with E-state index in [1.165, 1.54) is 11.8 Å². The summed E-state index contributed by atoms with van der Waals surface area (Å²) in [6.07, 6.45) is 0.251. The van der Waals surface area contributed by atoms with Crippen LogP contribution in [-0.2, 0) is 16.0 Å². The van der Waals surface area contributed by atoms with Crippen LogP contribution in [0.5, 0.6) is 0 Å². The number of hydrogen-bond donors (Lipinski definition) is 3. The number of fused-ring (bicyclic) bond motifs is 1. The van der Waals surface area contributed by atoms with Gasteiger partial charge in [0.1, 0.15) is 12.1 Å². The van der Waals surface area contributed by atoms with Crippen molar-refractivity contribution < 1.29 is 19.5 Å². The van der Waals surface area contributed by atoms with Gasteiger partial charge in [0.25, 0.3) is 0 Å². The van der Waals surface area contributed by atoms with Crippen molar-refractivity contribution in [2.75, 3.05) is 4.90 Å². The maximum atomic E-state index is 12.4. The molecule has 0 saturated heterocycles. The first-order valence-corrected chi connectivity index (χ1v) is 6.11. The van der Waals surface area contributed by atoms with Crippen molar-refractivity contribution in [1.82, 2.24) is 5.32 Å². The van der Waals surface area contributed by atoms with Crippen LogP contribution in [0, 0.1) is 0 Å². The zero-order valence-corrected chi connectivity index (χ0v) is 10.9. The van der Waals surface area contributed by atoms with Crippen molar-refractivity contribution in [3.8, 4) is 0 Å². The predicted molar refractivity (Wildman–Crippen MR) is 71.2 cm³/mol. The number of amides is 3. The van der Waals surface area contributed by atoms with Crippen LogP contribution in [0.4, 0.5) is 10.5 Å². The number of benzene rings is 1. The fourth-order valence-corrected chi connectivity index (χ4v) is 2.34. The summed E-state index contributed by atoms with van der Waals surface area (Å²) in [4.78, 5) is 35.7. The van der Waals surface area contributed by atoms with Crippen molar-refractivity contribution >= 4 is 23.6 Å². The van der Waals surface area contributed by atoms with Gasteiger partial charge in [0.05, 0.1) is 0 Å². The first kappa shape index (κ1) is 13.9. The molecule has 1 aromatic carbocycles. The fraction of sp³-hybridized carbons (Fsp3) is 0.308. The molecule has 106 valence electrons. The highest BCUT2D eigenvalue weighted by Gasteiger charge is 2.39. The molecule has 4 N–H and O–H groups in total. The Bertz CT molecular complexity index is 572. The highest BCUT2D eigenvalue weighted by Crippen LogP contribution is 2.32. The molecule has 3 amide bonds. The molecule has 0 fully saturated rings. The molecule has 0 bridgehead atoms. The Labute approximate surface area is 115 Å². The fourth-order valence-electron chi connectivity index (χ4n) is 2.34. The number of anilines is 1. The number of urea groups is 1. The Morgan fingerprint density at radius 2 is 2.05 bits per heavy atom. The molecule has 0 spiro atoms. The van der Waals surface area contributed by atoms with Gasteiger partial charge in [-0.25, -0.2) is 9.59 Å². The van der Waals surface area contributed by atoms with Gasteiger partial charge in [0.15, 0.2) is 0 Å². The van der Waals surface area contributed by atoms with Crippen LogP contribution in [0.25, 0.3) is 0 Å². The molecule has 1 heterocycles. The topological polar surface area (TPSA) is 113 Å². The van der Waals surface area contributed by atoms with Crippen molar-refractivity contribution in [3.05, 3.63) is 29.8 Å². The smallest absolute Gasteiger partial charge is 0.327 e. The monoisotopic (exact) mass is 277 g/mol. The third-order valence-corrected chi connectivity index (χ3v) is 3.23. The molecule has 1 aliphatic rings. The van der Waals surface area contributed by atoms with E-state index in [4.69, 9.17) is 5.73 Å². The summed E-state index contributed by atoms with van der Waals surface area (Å²) < 4.78 is 0. The minimum atomic E-state index is -1.08. The van der Waals surface area contributed by atoms with Crippen LogP contribution in [0.3, 0.4) is 0 Å². The minimum Gasteiger partial charge on any atom is -0.480 e. The van der Waals surface area contributed by atoms with E-state index in [1.54, 1.807) is 24.3 Å². The summed E-state index contributed by atoms with van der Waals surface area (Å²) in [7, 11) is 0. The van der Waals surface area contributed by atoms with E-state index in [0.29, 0.717) is 5.69 Å². The third kappa shape index (κ3) is 2.42. The standard InChI is InChI=1S/C13H15N3O4/c1-7(15-13(14)20)11(17)16-9-5-3-2-4-8(9)6-10(16)12(18)19/h2-5,7,10H,6H2,1H3,(H,18,19)(H3,14,15,20)/t7?,10-/m0/s1. The molecule has 0 aliphatic carbocycles. The van der Waals surface area contributed by atoms with E-state index in [1.807, 2.05) is 0 Å². The second kappa shape index (κ2) is 5.20. The number of carbonyl (C=O) groups excluding carboxylic acids is 2. The Morgan fingerprint density at radius 1 is 1.40 bits per heavy atom. The number of carboxylic acid groups (broad SMARTS) is 1. The largest absolute Gasteiger partial charge is 0.480 e. The lowest BCUT2D eigenvalue weighted by atomic mass is 10.1.